The first-order valence-electron chi connectivity index (χ1n) is 8.72. The number of benzene rings is 1. The van der Waals surface area contributed by atoms with Gasteiger partial charge in [-0.1, -0.05) is 6.07 Å². The molecule has 0 amide bonds. The third-order valence-electron chi connectivity index (χ3n) is 4.15. The van der Waals surface area contributed by atoms with Crippen LogP contribution in [0, 0.1) is 5.82 Å². The summed E-state index contributed by atoms with van der Waals surface area (Å²) >= 11 is 3.42. The molecule has 2 rings (SSSR count). The summed E-state index contributed by atoms with van der Waals surface area (Å²) in [6, 6.07) is 4.76. The molecule has 6 nitrogen and oxygen atoms in total. The molecule has 0 radical (unpaired) electrons. The Balaban J connectivity index is 0.00000392. The van der Waals surface area contributed by atoms with Crippen LogP contribution in [-0.4, -0.2) is 68.9 Å². The summed E-state index contributed by atoms with van der Waals surface area (Å²) in [5, 5.41) is 6.21. The molecule has 0 saturated carbocycles. The number of hydrogen-bond donors (Lipinski definition) is 2. The molecular formula is C17H28FIN4O2S3. The van der Waals surface area contributed by atoms with Gasteiger partial charge in [-0.2, -0.15) is 23.5 Å². The van der Waals surface area contributed by atoms with Gasteiger partial charge in [0.25, 0.3) is 0 Å². The Hall–Kier alpha value is -0.240. The molecule has 0 aromatic heterocycles. The SMILES string of the molecule is CN=C(NCCS(=O)(=O)N1CCSCC1)NCc1ccc(F)cc1CSC.I. The van der Waals surface area contributed by atoms with Gasteiger partial charge in [-0.15, -0.1) is 24.0 Å². The van der Waals surface area contributed by atoms with Gasteiger partial charge in [0.15, 0.2) is 5.96 Å². The van der Waals surface area contributed by atoms with Crippen LogP contribution in [0.5, 0.6) is 0 Å². The first-order chi connectivity index (χ1) is 13.0. The van der Waals surface area contributed by atoms with E-state index in [9.17, 15) is 12.8 Å². The topological polar surface area (TPSA) is 73.8 Å². The summed E-state index contributed by atoms with van der Waals surface area (Å²) in [5.41, 5.74) is 1.93. The van der Waals surface area contributed by atoms with Crippen molar-refractivity contribution in [1.29, 1.82) is 0 Å². The van der Waals surface area contributed by atoms with Crippen molar-refractivity contribution in [2.45, 2.75) is 12.3 Å². The summed E-state index contributed by atoms with van der Waals surface area (Å²) in [6.07, 6.45) is 1.98. The average molecular weight is 563 g/mol. The van der Waals surface area contributed by atoms with Crippen molar-refractivity contribution in [2.24, 2.45) is 4.99 Å². The molecular weight excluding hydrogens is 534 g/mol. The second-order valence-corrected chi connectivity index (χ2v) is 10.2. The molecule has 0 atom stereocenters. The number of nitrogens with one attached hydrogen (secondary N) is 2. The highest BCUT2D eigenvalue weighted by Crippen LogP contribution is 2.16. The Morgan fingerprint density at radius 2 is 2.00 bits per heavy atom. The summed E-state index contributed by atoms with van der Waals surface area (Å²) in [7, 11) is -1.60. The third-order valence-corrected chi connectivity index (χ3v) is 7.57. The zero-order valence-corrected chi connectivity index (χ0v) is 20.9. The van der Waals surface area contributed by atoms with Crippen molar-refractivity contribution in [3.05, 3.63) is 35.1 Å². The van der Waals surface area contributed by atoms with Crippen molar-refractivity contribution >= 4 is 63.5 Å². The van der Waals surface area contributed by atoms with Gasteiger partial charge in [0.1, 0.15) is 5.82 Å². The van der Waals surface area contributed by atoms with E-state index >= 15 is 0 Å². The van der Waals surface area contributed by atoms with Gasteiger partial charge in [0, 0.05) is 50.5 Å². The maximum Gasteiger partial charge on any atom is 0.215 e. The molecule has 28 heavy (non-hydrogen) atoms. The van der Waals surface area contributed by atoms with Crippen molar-refractivity contribution in [2.75, 3.05) is 50.2 Å². The Bertz CT molecular complexity index is 744. The normalized spacial score (nSPS) is 15.8. The van der Waals surface area contributed by atoms with Crippen LogP contribution in [0.3, 0.4) is 0 Å². The number of sulfonamides is 1. The number of rotatable bonds is 8. The minimum atomic E-state index is -3.24. The van der Waals surface area contributed by atoms with Crippen LogP contribution in [0.4, 0.5) is 4.39 Å². The Morgan fingerprint density at radius 3 is 2.64 bits per heavy atom. The lowest BCUT2D eigenvalue weighted by atomic mass is 10.1. The molecule has 1 fully saturated rings. The molecule has 1 heterocycles. The van der Waals surface area contributed by atoms with Gasteiger partial charge in [0.05, 0.1) is 5.75 Å². The molecule has 2 N–H and O–H groups in total. The average Bonchev–Trinajstić information content (AvgIpc) is 2.66. The number of hydrogen-bond acceptors (Lipinski definition) is 5. The monoisotopic (exact) mass is 562 g/mol. The van der Waals surface area contributed by atoms with E-state index in [1.165, 1.54) is 6.07 Å². The van der Waals surface area contributed by atoms with Gasteiger partial charge >= 0.3 is 0 Å². The van der Waals surface area contributed by atoms with Crippen LogP contribution in [0.2, 0.25) is 0 Å². The van der Waals surface area contributed by atoms with Crippen LogP contribution < -0.4 is 10.6 Å². The highest BCUT2D eigenvalue weighted by Gasteiger charge is 2.23. The molecule has 11 heteroatoms. The van der Waals surface area contributed by atoms with Crippen LogP contribution in [0.15, 0.2) is 23.2 Å². The van der Waals surface area contributed by atoms with Crippen molar-refractivity contribution in [3.63, 3.8) is 0 Å². The van der Waals surface area contributed by atoms with Gasteiger partial charge in [-0.25, -0.2) is 17.1 Å². The van der Waals surface area contributed by atoms with Crippen molar-refractivity contribution < 1.29 is 12.8 Å². The fraction of sp³-hybridized carbons (Fsp3) is 0.588. The molecule has 1 saturated heterocycles. The standard InChI is InChI=1S/C17H27FN4O2S3.HI/c1-19-17(20-5-10-27(23,24)22-6-8-26-9-7-22)21-12-14-3-4-16(18)11-15(14)13-25-2;/h3-4,11H,5-10,12-13H2,1-2H3,(H2,19,20,21);1H. The van der Waals surface area contributed by atoms with Gasteiger partial charge in [-0.05, 0) is 29.5 Å². The molecule has 160 valence electrons. The molecule has 0 spiro atoms. The minimum absolute atomic E-state index is 0. The summed E-state index contributed by atoms with van der Waals surface area (Å²) in [6.45, 7) is 1.95. The quantitative estimate of drug-likeness (QED) is 0.288. The summed E-state index contributed by atoms with van der Waals surface area (Å²) in [4.78, 5) is 4.13. The van der Waals surface area contributed by atoms with E-state index in [2.05, 4.69) is 15.6 Å². The van der Waals surface area contributed by atoms with Crippen molar-refractivity contribution in [1.82, 2.24) is 14.9 Å². The van der Waals surface area contributed by atoms with Crippen molar-refractivity contribution in [3.8, 4) is 0 Å². The van der Waals surface area contributed by atoms with Gasteiger partial charge in [-0.3, -0.25) is 4.99 Å². The fourth-order valence-corrected chi connectivity index (χ4v) is 5.78. The molecule has 1 aromatic carbocycles. The van der Waals surface area contributed by atoms with Crippen LogP contribution >= 0.6 is 47.5 Å². The number of nitrogens with zero attached hydrogens (tertiary/aromatic N) is 2. The number of guanidine groups is 1. The Morgan fingerprint density at radius 1 is 1.29 bits per heavy atom. The van der Waals surface area contributed by atoms with E-state index in [1.54, 1.807) is 47.0 Å². The minimum Gasteiger partial charge on any atom is -0.355 e. The predicted octanol–water partition coefficient (Wildman–Crippen LogP) is 2.35. The van der Waals surface area contributed by atoms with Crippen LogP contribution in [0.25, 0.3) is 0 Å². The van der Waals surface area contributed by atoms with E-state index in [-0.39, 0.29) is 42.1 Å². The second kappa shape index (κ2) is 13.1. The third kappa shape index (κ3) is 8.25. The fourth-order valence-electron chi connectivity index (χ4n) is 2.71. The second-order valence-electron chi connectivity index (χ2n) is 6.03. The Kier molecular flexibility index (Phi) is 12.1. The van der Waals surface area contributed by atoms with E-state index in [0.717, 1.165) is 28.4 Å². The molecule has 1 aliphatic rings. The smallest absolute Gasteiger partial charge is 0.215 e. The van der Waals surface area contributed by atoms with Gasteiger partial charge in [0.2, 0.25) is 10.0 Å². The van der Waals surface area contributed by atoms with Crippen LogP contribution in [-0.2, 0) is 22.3 Å². The zero-order valence-electron chi connectivity index (χ0n) is 16.1. The maximum atomic E-state index is 13.4. The number of thioether (sulfide) groups is 2. The first-order valence-corrected chi connectivity index (χ1v) is 12.9. The zero-order chi connectivity index (χ0) is 19.7. The maximum absolute atomic E-state index is 13.4. The van der Waals surface area contributed by atoms with E-state index in [1.807, 2.05) is 6.26 Å². The lowest BCUT2D eigenvalue weighted by Crippen LogP contribution is -2.44. The number of aliphatic imine (C=N–C) groups is 1. The van der Waals surface area contributed by atoms with E-state index < -0.39 is 10.0 Å². The summed E-state index contributed by atoms with van der Waals surface area (Å²) in [5.74, 6) is 2.75. The lowest BCUT2D eigenvalue weighted by molar-refractivity contribution is 0.443. The molecule has 1 aromatic rings. The summed E-state index contributed by atoms with van der Waals surface area (Å²) < 4.78 is 39.7. The largest absolute Gasteiger partial charge is 0.355 e. The highest BCUT2D eigenvalue weighted by molar-refractivity contribution is 14.0. The first kappa shape index (κ1) is 25.8. The highest BCUT2D eigenvalue weighted by atomic mass is 127. The molecule has 0 aliphatic carbocycles. The predicted molar refractivity (Wildman–Crippen MR) is 130 cm³/mol. The lowest BCUT2D eigenvalue weighted by Gasteiger charge is -2.25. The van der Waals surface area contributed by atoms with Crippen LogP contribution in [0.1, 0.15) is 11.1 Å². The molecule has 1 aliphatic heterocycles. The number of halogens is 2. The Labute approximate surface area is 193 Å². The van der Waals surface area contributed by atoms with Gasteiger partial charge < -0.3 is 10.6 Å². The van der Waals surface area contributed by atoms with E-state index in [4.69, 9.17) is 0 Å². The molecule has 0 bridgehead atoms. The molecule has 0 unspecified atom stereocenters. The van der Waals surface area contributed by atoms with E-state index in [0.29, 0.717) is 25.6 Å².